The van der Waals surface area contributed by atoms with Crippen LogP contribution in [0, 0.1) is 0 Å². The van der Waals surface area contributed by atoms with Gasteiger partial charge in [0.05, 0.1) is 34.1 Å². The molecule has 1 aliphatic heterocycles. The van der Waals surface area contributed by atoms with Crippen molar-refractivity contribution in [2.75, 3.05) is 44.2 Å². The Morgan fingerprint density at radius 3 is 2.66 bits per heavy atom. The molecular formula is C26H27Cl2N3O4. The lowest BCUT2D eigenvalue weighted by Gasteiger charge is -2.36. The van der Waals surface area contributed by atoms with Crippen LogP contribution in [-0.2, 0) is 4.74 Å². The number of anilines is 1. The molecule has 2 heterocycles. The lowest BCUT2D eigenvalue weighted by molar-refractivity contribution is 0.134. The highest BCUT2D eigenvalue weighted by atomic mass is 35.5. The van der Waals surface area contributed by atoms with Gasteiger partial charge in [-0.05, 0) is 49.7 Å². The predicted octanol–water partition coefficient (Wildman–Crippen LogP) is 6.18. The van der Waals surface area contributed by atoms with Crippen LogP contribution in [0.15, 0.2) is 61.4 Å². The van der Waals surface area contributed by atoms with Gasteiger partial charge in [-0.25, -0.2) is 9.78 Å². The van der Waals surface area contributed by atoms with Gasteiger partial charge in [-0.1, -0.05) is 35.8 Å². The van der Waals surface area contributed by atoms with E-state index in [1.807, 2.05) is 42.5 Å². The van der Waals surface area contributed by atoms with E-state index >= 15 is 0 Å². The molecule has 7 nitrogen and oxygen atoms in total. The van der Waals surface area contributed by atoms with Crippen molar-refractivity contribution in [1.82, 2.24) is 9.88 Å². The van der Waals surface area contributed by atoms with Gasteiger partial charge in [-0.15, -0.1) is 0 Å². The molecule has 184 valence electrons. The average molecular weight is 516 g/mol. The van der Waals surface area contributed by atoms with E-state index in [9.17, 15) is 4.79 Å². The highest BCUT2D eigenvalue weighted by Gasteiger charge is 2.19. The highest BCUT2D eigenvalue weighted by Crippen LogP contribution is 2.33. The Balaban J connectivity index is 1.19. The van der Waals surface area contributed by atoms with Crippen LogP contribution in [0.5, 0.6) is 11.6 Å². The van der Waals surface area contributed by atoms with Crippen LogP contribution in [0.25, 0.3) is 10.9 Å². The molecular weight excluding hydrogens is 489 g/mol. The number of hydrogen-bond acceptors (Lipinski definition) is 7. The Morgan fingerprint density at radius 1 is 1.06 bits per heavy atom. The molecule has 4 rings (SSSR count). The molecule has 0 unspecified atom stereocenters. The summed E-state index contributed by atoms with van der Waals surface area (Å²) in [7, 11) is 0. The maximum absolute atomic E-state index is 11.4. The van der Waals surface area contributed by atoms with Crippen molar-refractivity contribution in [3.63, 3.8) is 0 Å². The number of aromatic nitrogens is 1. The van der Waals surface area contributed by atoms with E-state index in [0.717, 1.165) is 68.7 Å². The van der Waals surface area contributed by atoms with Crippen molar-refractivity contribution >= 4 is 45.9 Å². The topological polar surface area (TPSA) is 64.1 Å². The number of halogens is 2. The van der Waals surface area contributed by atoms with Gasteiger partial charge in [-0.2, -0.15) is 0 Å². The summed E-state index contributed by atoms with van der Waals surface area (Å²) < 4.78 is 15.5. The molecule has 2 aromatic carbocycles. The Hall–Kier alpha value is -3.00. The van der Waals surface area contributed by atoms with Gasteiger partial charge in [-0.3, -0.25) is 4.90 Å². The van der Waals surface area contributed by atoms with Gasteiger partial charge < -0.3 is 19.1 Å². The highest BCUT2D eigenvalue weighted by molar-refractivity contribution is 6.43. The molecule has 0 spiro atoms. The van der Waals surface area contributed by atoms with Crippen LogP contribution >= 0.6 is 23.2 Å². The molecule has 9 heteroatoms. The third-order valence-corrected chi connectivity index (χ3v) is 6.60. The maximum atomic E-state index is 11.4. The Kier molecular flexibility index (Phi) is 8.69. The maximum Gasteiger partial charge on any atom is 0.520 e. The van der Waals surface area contributed by atoms with Crippen molar-refractivity contribution in [2.24, 2.45) is 0 Å². The Labute approximate surface area is 214 Å². The first-order valence-corrected chi connectivity index (χ1v) is 12.2. The molecule has 0 atom stereocenters. The first-order chi connectivity index (χ1) is 17.0. The third-order valence-electron chi connectivity index (χ3n) is 5.79. The molecule has 1 aromatic heterocycles. The number of piperazine rings is 1. The van der Waals surface area contributed by atoms with Crippen molar-refractivity contribution in [1.29, 1.82) is 0 Å². The van der Waals surface area contributed by atoms with E-state index in [4.69, 9.17) is 32.7 Å². The zero-order valence-electron chi connectivity index (χ0n) is 19.3. The average Bonchev–Trinajstić information content (AvgIpc) is 2.86. The number of rotatable bonds is 9. The number of benzene rings is 2. The number of hydrogen-bond donors (Lipinski definition) is 0. The molecule has 1 aliphatic rings. The first-order valence-electron chi connectivity index (χ1n) is 11.5. The van der Waals surface area contributed by atoms with Crippen LogP contribution in [0.2, 0.25) is 10.0 Å². The molecule has 0 bridgehead atoms. The lowest BCUT2D eigenvalue weighted by atomic mass is 10.2. The van der Waals surface area contributed by atoms with Gasteiger partial charge in [0.2, 0.25) is 5.88 Å². The lowest BCUT2D eigenvalue weighted by Crippen LogP contribution is -2.46. The van der Waals surface area contributed by atoms with Crippen LogP contribution < -0.4 is 14.4 Å². The SMILES string of the molecule is C=COC(=O)Oc1ccc2ccc(OCCCCN3CCN(c4cccc(Cl)c4Cl)CC3)cc2n1. The van der Waals surface area contributed by atoms with E-state index in [1.165, 1.54) is 0 Å². The number of carbonyl (C=O) groups is 1. The normalized spacial score (nSPS) is 14.1. The minimum atomic E-state index is -0.881. The zero-order chi connectivity index (χ0) is 24.6. The summed E-state index contributed by atoms with van der Waals surface area (Å²) in [6, 6.07) is 14.9. The fraction of sp³-hybridized carbons (Fsp3) is 0.308. The second-order valence-corrected chi connectivity index (χ2v) is 8.88. The largest absolute Gasteiger partial charge is 0.520 e. The molecule has 0 radical (unpaired) electrons. The van der Waals surface area contributed by atoms with E-state index in [-0.39, 0.29) is 5.88 Å². The van der Waals surface area contributed by atoms with E-state index in [2.05, 4.69) is 26.1 Å². The summed E-state index contributed by atoms with van der Waals surface area (Å²) in [5.41, 5.74) is 1.68. The van der Waals surface area contributed by atoms with Crippen molar-refractivity contribution in [2.45, 2.75) is 12.8 Å². The molecule has 1 fully saturated rings. The number of nitrogens with zero attached hydrogens (tertiary/aromatic N) is 3. The minimum absolute atomic E-state index is 0.152. The van der Waals surface area contributed by atoms with Crippen molar-refractivity contribution in [3.8, 4) is 11.6 Å². The van der Waals surface area contributed by atoms with Crippen LogP contribution in [0.4, 0.5) is 10.5 Å². The van der Waals surface area contributed by atoms with Crippen LogP contribution in [0.3, 0.4) is 0 Å². The van der Waals surface area contributed by atoms with Gasteiger partial charge in [0.1, 0.15) is 5.75 Å². The number of fused-ring (bicyclic) bond motifs is 1. The quantitative estimate of drug-likeness (QED) is 0.191. The smallest absolute Gasteiger partial charge is 0.494 e. The summed E-state index contributed by atoms with van der Waals surface area (Å²) >= 11 is 12.5. The van der Waals surface area contributed by atoms with Crippen LogP contribution in [-0.4, -0.2) is 55.4 Å². The van der Waals surface area contributed by atoms with Crippen LogP contribution in [0.1, 0.15) is 12.8 Å². The summed E-state index contributed by atoms with van der Waals surface area (Å²) in [5, 5.41) is 2.14. The van der Waals surface area contributed by atoms with Gasteiger partial charge in [0.15, 0.2) is 0 Å². The van der Waals surface area contributed by atoms with Gasteiger partial charge >= 0.3 is 6.16 Å². The van der Waals surface area contributed by atoms with E-state index in [1.54, 1.807) is 6.07 Å². The number of ether oxygens (including phenoxy) is 3. The van der Waals surface area contributed by atoms with Crippen molar-refractivity contribution < 1.29 is 19.0 Å². The van der Waals surface area contributed by atoms with E-state index in [0.29, 0.717) is 22.2 Å². The molecule has 0 saturated carbocycles. The first kappa shape index (κ1) is 25.1. The molecule has 35 heavy (non-hydrogen) atoms. The molecule has 1 saturated heterocycles. The predicted molar refractivity (Wildman–Crippen MR) is 139 cm³/mol. The summed E-state index contributed by atoms with van der Waals surface area (Å²) in [6.07, 6.45) is 2.12. The fourth-order valence-electron chi connectivity index (χ4n) is 3.98. The summed E-state index contributed by atoms with van der Waals surface area (Å²) in [4.78, 5) is 20.5. The third kappa shape index (κ3) is 6.78. The second kappa shape index (κ2) is 12.1. The number of unbranched alkanes of at least 4 members (excludes halogenated alkanes) is 1. The fourth-order valence-corrected chi connectivity index (χ4v) is 4.39. The molecule has 0 amide bonds. The van der Waals surface area contributed by atoms with E-state index < -0.39 is 6.16 Å². The molecule has 0 aliphatic carbocycles. The summed E-state index contributed by atoms with van der Waals surface area (Å²) in [6.45, 7) is 8.80. The zero-order valence-corrected chi connectivity index (χ0v) is 20.8. The summed E-state index contributed by atoms with van der Waals surface area (Å²) in [5.74, 6) is 0.877. The number of pyridine rings is 1. The Morgan fingerprint density at radius 2 is 1.86 bits per heavy atom. The number of carbonyl (C=O) groups excluding carboxylic acids is 1. The van der Waals surface area contributed by atoms with Gasteiger partial charge in [0, 0.05) is 43.7 Å². The molecule has 3 aromatic rings. The van der Waals surface area contributed by atoms with Gasteiger partial charge in [0.25, 0.3) is 0 Å². The second-order valence-electron chi connectivity index (χ2n) is 8.10. The monoisotopic (exact) mass is 515 g/mol. The Bertz CT molecular complexity index is 1180. The molecule has 0 N–H and O–H groups in total. The minimum Gasteiger partial charge on any atom is -0.494 e. The van der Waals surface area contributed by atoms with Crippen molar-refractivity contribution in [3.05, 3.63) is 71.4 Å². The standard InChI is InChI=1S/C26H27Cl2N3O4/c1-2-33-26(32)35-24-11-9-19-8-10-20(18-22(19)29-24)34-17-4-3-12-30-13-15-31(16-14-30)23-7-5-6-21(27)25(23)28/h2,5-11,18H,1,3-4,12-17H2.